The molecule has 0 nitrogen and oxygen atoms in total. The summed E-state index contributed by atoms with van der Waals surface area (Å²) in [5.41, 5.74) is 4.06. The van der Waals surface area contributed by atoms with Gasteiger partial charge >= 0.3 is 0 Å². The fourth-order valence-electron chi connectivity index (χ4n) is 2.97. The van der Waals surface area contributed by atoms with Gasteiger partial charge in [-0.25, -0.2) is 0 Å². The molecule has 0 aromatic heterocycles. The summed E-state index contributed by atoms with van der Waals surface area (Å²) < 4.78 is 0. The molecule has 0 saturated carbocycles. The molecule has 3 aromatic carbocycles. The van der Waals surface area contributed by atoms with Gasteiger partial charge in [0.15, 0.2) is 0 Å². The Morgan fingerprint density at radius 2 is 1.59 bits per heavy atom. The maximum Gasteiger partial charge on any atom is -0.00323 e. The van der Waals surface area contributed by atoms with Crippen LogP contribution < -0.4 is 0 Å². The van der Waals surface area contributed by atoms with E-state index in [1.54, 1.807) is 0 Å². The number of fused-ring (bicyclic) bond motifs is 2. The SMILES string of the molecule is Cc1cccc2cc3c4c(cccc4c12)C=C3. The molecule has 0 heteroatoms. The van der Waals surface area contributed by atoms with Gasteiger partial charge in [0.05, 0.1) is 0 Å². The lowest BCUT2D eigenvalue weighted by Crippen LogP contribution is -1.84. The minimum atomic E-state index is 1.34. The van der Waals surface area contributed by atoms with Crippen LogP contribution in [0.3, 0.4) is 0 Å². The van der Waals surface area contributed by atoms with Gasteiger partial charge in [-0.1, -0.05) is 48.6 Å². The lowest BCUT2D eigenvalue weighted by atomic mass is 9.95. The topological polar surface area (TPSA) is 0 Å². The van der Waals surface area contributed by atoms with Crippen molar-refractivity contribution in [2.45, 2.75) is 6.92 Å². The van der Waals surface area contributed by atoms with Crippen molar-refractivity contribution in [3.63, 3.8) is 0 Å². The van der Waals surface area contributed by atoms with Gasteiger partial charge in [-0.05, 0) is 51.2 Å². The fraction of sp³-hybridized carbons (Fsp3) is 0.0588. The summed E-state index contributed by atoms with van der Waals surface area (Å²) in [4.78, 5) is 0. The van der Waals surface area contributed by atoms with Crippen molar-refractivity contribution in [2.24, 2.45) is 0 Å². The smallest absolute Gasteiger partial charge is 0.00323 e. The summed E-state index contributed by atoms with van der Waals surface area (Å²) in [7, 11) is 0. The van der Waals surface area contributed by atoms with E-state index in [0.717, 1.165) is 0 Å². The highest BCUT2D eigenvalue weighted by atomic mass is 14.2. The normalized spacial score (nSPS) is 12.8. The standard InChI is InChI=1S/C17H12/c1-11-4-2-6-13-10-14-9-8-12-5-3-7-15(16(11)13)17(12)14/h2-10H,1H3. The third-order valence-electron chi connectivity index (χ3n) is 3.71. The van der Waals surface area contributed by atoms with Crippen LogP contribution in [-0.2, 0) is 0 Å². The molecule has 0 aliphatic heterocycles. The molecule has 0 bridgehead atoms. The molecule has 0 fully saturated rings. The molecule has 0 spiro atoms. The van der Waals surface area contributed by atoms with E-state index in [-0.39, 0.29) is 0 Å². The Kier molecular flexibility index (Phi) is 1.58. The van der Waals surface area contributed by atoms with Crippen molar-refractivity contribution in [1.29, 1.82) is 0 Å². The second-order valence-electron chi connectivity index (χ2n) is 4.74. The van der Waals surface area contributed by atoms with Gasteiger partial charge in [-0.2, -0.15) is 0 Å². The van der Waals surface area contributed by atoms with Crippen LogP contribution in [0.1, 0.15) is 16.7 Å². The van der Waals surface area contributed by atoms with Crippen LogP contribution in [0.4, 0.5) is 0 Å². The lowest BCUT2D eigenvalue weighted by Gasteiger charge is -2.09. The van der Waals surface area contributed by atoms with E-state index in [0.29, 0.717) is 0 Å². The van der Waals surface area contributed by atoms with Crippen LogP contribution in [0.5, 0.6) is 0 Å². The van der Waals surface area contributed by atoms with Gasteiger partial charge in [-0.15, -0.1) is 0 Å². The Morgan fingerprint density at radius 3 is 2.53 bits per heavy atom. The third kappa shape index (κ3) is 1.07. The zero-order chi connectivity index (χ0) is 11.4. The number of benzene rings is 3. The third-order valence-corrected chi connectivity index (χ3v) is 3.71. The lowest BCUT2D eigenvalue weighted by molar-refractivity contribution is 1.54. The highest BCUT2D eigenvalue weighted by Crippen LogP contribution is 2.37. The van der Waals surface area contributed by atoms with Crippen LogP contribution in [-0.4, -0.2) is 0 Å². The number of hydrogen-bond acceptors (Lipinski definition) is 0. The molecule has 0 unspecified atom stereocenters. The van der Waals surface area contributed by atoms with Gasteiger partial charge in [0.1, 0.15) is 0 Å². The van der Waals surface area contributed by atoms with Crippen LogP contribution in [0, 0.1) is 6.92 Å². The Hall–Kier alpha value is -2.08. The van der Waals surface area contributed by atoms with Gasteiger partial charge in [-0.3, -0.25) is 0 Å². The van der Waals surface area contributed by atoms with E-state index in [9.17, 15) is 0 Å². The zero-order valence-electron chi connectivity index (χ0n) is 9.70. The Bertz CT molecular complexity index is 792. The molecular weight excluding hydrogens is 204 g/mol. The van der Waals surface area contributed by atoms with Crippen molar-refractivity contribution in [1.82, 2.24) is 0 Å². The first kappa shape index (κ1) is 9.00. The minimum Gasteiger partial charge on any atom is -0.0614 e. The summed E-state index contributed by atoms with van der Waals surface area (Å²) in [6.45, 7) is 2.19. The summed E-state index contributed by atoms with van der Waals surface area (Å²) in [5.74, 6) is 0. The zero-order valence-corrected chi connectivity index (χ0v) is 9.70. The molecular formula is C17H12. The highest BCUT2D eigenvalue weighted by molar-refractivity contribution is 6.17. The molecule has 1 aliphatic carbocycles. The minimum absolute atomic E-state index is 1.34. The van der Waals surface area contributed by atoms with Crippen molar-refractivity contribution in [2.75, 3.05) is 0 Å². The summed E-state index contributed by atoms with van der Waals surface area (Å²) in [6.07, 6.45) is 4.44. The molecule has 3 aromatic rings. The van der Waals surface area contributed by atoms with Gasteiger partial charge < -0.3 is 0 Å². The summed E-state index contributed by atoms with van der Waals surface area (Å²) in [6, 6.07) is 15.4. The first-order chi connectivity index (χ1) is 8.34. The molecule has 0 heterocycles. The number of aryl methyl sites for hydroxylation is 1. The largest absolute Gasteiger partial charge is 0.0614 e. The first-order valence-electron chi connectivity index (χ1n) is 5.98. The second-order valence-corrected chi connectivity index (χ2v) is 4.74. The van der Waals surface area contributed by atoms with Crippen molar-refractivity contribution in [3.05, 3.63) is 59.2 Å². The summed E-state index contributed by atoms with van der Waals surface area (Å²) in [5, 5.41) is 5.54. The fourth-order valence-corrected chi connectivity index (χ4v) is 2.97. The molecule has 1 aliphatic rings. The van der Waals surface area contributed by atoms with E-state index in [1.165, 1.54) is 38.2 Å². The molecule has 0 amide bonds. The Labute approximate surface area is 100 Å². The van der Waals surface area contributed by atoms with E-state index in [2.05, 4.69) is 61.5 Å². The average molecular weight is 216 g/mol. The maximum absolute atomic E-state index is 2.30. The van der Waals surface area contributed by atoms with Crippen LogP contribution >= 0.6 is 0 Å². The van der Waals surface area contributed by atoms with Crippen LogP contribution in [0.25, 0.3) is 33.7 Å². The molecule has 0 N–H and O–H groups in total. The quantitative estimate of drug-likeness (QED) is 0.371. The van der Waals surface area contributed by atoms with Gasteiger partial charge in [0.2, 0.25) is 0 Å². The highest BCUT2D eigenvalue weighted by Gasteiger charge is 2.12. The molecule has 0 saturated heterocycles. The van der Waals surface area contributed by atoms with E-state index >= 15 is 0 Å². The number of rotatable bonds is 0. The molecule has 0 radical (unpaired) electrons. The number of hydrogen-bond donors (Lipinski definition) is 0. The Morgan fingerprint density at radius 1 is 0.765 bits per heavy atom. The predicted molar refractivity (Wildman–Crippen MR) is 75.1 cm³/mol. The van der Waals surface area contributed by atoms with Crippen molar-refractivity contribution < 1.29 is 0 Å². The second kappa shape index (κ2) is 2.98. The monoisotopic (exact) mass is 216 g/mol. The van der Waals surface area contributed by atoms with Crippen LogP contribution in [0.2, 0.25) is 0 Å². The molecule has 0 atom stereocenters. The maximum atomic E-state index is 2.30. The van der Waals surface area contributed by atoms with Crippen molar-refractivity contribution >= 4 is 33.7 Å². The summed E-state index contributed by atoms with van der Waals surface area (Å²) >= 11 is 0. The van der Waals surface area contributed by atoms with E-state index < -0.39 is 0 Å². The van der Waals surface area contributed by atoms with E-state index in [4.69, 9.17) is 0 Å². The molecule has 17 heavy (non-hydrogen) atoms. The first-order valence-corrected chi connectivity index (χ1v) is 5.98. The molecule has 4 rings (SSSR count). The van der Waals surface area contributed by atoms with Crippen molar-refractivity contribution in [3.8, 4) is 0 Å². The van der Waals surface area contributed by atoms with Gasteiger partial charge in [0.25, 0.3) is 0 Å². The predicted octanol–water partition coefficient (Wildman–Crippen LogP) is 4.79. The van der Waals surface area contributed by atoms with Crippen LogP contribution in [0.15, 0.2) is 42.5 Å². The van der Waals surface area contributed by atoms with Gasteiger partial charge in [0, 0.05) is 0 Å². The Balaban J connectivity index is 2.39. The average Bonchev–Trinajstić information content (AvgIpc) is 2.74. The van der Waals surface area contributed by atoms with E-state index in [1.807, 2.05) is 0 Å². The molecule has 80 valence electrons.